The number of likely N-dealkylation sites (N-methyl/N-ethyl adjacent to an activating group) is 1. The van der Waals surface area contributed by atoms with Gasteiger partial charge in [-0.25, -0.2) is 0 Å². The highest BCUT2D eigenvalue weighted by Gasteiger charge is 2.46. The zero-order valence-corrected chi connectivity index (χ0v) is 32.6. The monoisotopic (exact) mass is 784 g/mol. The van der Waals surface area contributed by atoms with E-state index in [1.807, 2.05) is 61.5 Å². The average Bonchev–Trinajstić information content (AvgIpc) is 3.67. The molecule has 1 aliphatic rings. The van der Waals surface area contributed by atoms with E-state index in [0.29, 0.717) is 34.8 Å². The maximum Gasteiger partial charge on any atom is 0.471 e. The molecule has 0 spiro atoms. The molecule has 3 aromatic carbocycles. The number of carbonyl (C=O) groups excluding carboxylic acids is 5. The van der Waals surface area contributed by atoms with Crippen LogP contribution in [-0.2, 0) is 34.3 Å². The van der Waals surface area contributed by atoms with E-state index in [4.69, 9.17) is 16.3 Å². The molecule has 296 valence electrons. The summed E-state index contributed by atoms with van der Waals surface area (Å²) in [6.45, 7) is 8.30. The van der Waals surface area contributed by atoms with E-state index in [2.05, 4.69) is 5.32 Å². The van der Waals surface area contributed by atoms with E-state index in [9.17, 15) is 37.1 Å². The summed E-state index contributed by atoms with van der Waals surface area (Å²) in [4.78, 5) is 69.7. The number of ether oxygens (including phenoxy) is 1. The lowest BCUT2D eigenvalue weighted by Gasteiger charge is -2.37. The Bertz CT molecular complexity index is 1850. The molecule has 3 aromatic rings. The fourth-order valence-electron chi connectivity index (χ4n) is 6.92. The van der Waals surface area contributed by atoms with Crippen LogP contribution in [0, 0.1) is 12.8 Å². The molecule has 1 heterocycles. The minimum Gasteiger partial charge on any atom is -0.444 e. The SMILES string of the molecule is Cc1ccc(C(OC(=O)CC[C@H](NC(=O)[C@H](C(C)C)N(C)C(=O)C(C)(C)NC(=O)C(F)(F)F)C(=O)N2CCCC2)(c2ccccc2)c2ccccc2Cl)cc1. The fourth-order valence-corrected chi connectivity index (χ4v) is 7.18. The number of nitrogens with zero attached hydrogens (tertiary/aromatic N) is 2. The average molecular weight is 785 g/mol. The summed E-state index contributed by atoms with van der Waals surface area (Å²) in [5.74, 6) is -5.71. The number of carbonyl (C=O) groups is 5. The molecule has 0 saturated carbocycles. The van der Waals surface area contributed by atoms with E-state index < -0.39 is 64.9 Å². The minimum absolute atomic E-state index is 0.170. The smallest absolute Gasteiger partial charge is 0.444 e. The Balaban J connectivity index is 1.64. The van der Waals surface area contributed by atoms with Crippen molar-refractivity contribution in [3.63, 3.8) is 0 Å². The lowest BCUT2D eigenvalue weighted by atomic mass is 9.79. The summed E-state index contributed by atoms with van der Waals surface area (Å²) in [6.07, 6.45) is -4.20. The minimum atomic E-state index is -5.23. The zero-order valence-electron chi connectivity index (χ0n) is 31.8. The van der Waals surface area contributed by atoms with Gasteiger partial charge in [-0.3, -0.25) is 24.0 Å². The van der Waals surface area contributed by atoms with Gasteiger partial charge < -0.3 is 25.2 Å². The summed E-state index contributed by atoms with van der Waals surface area (Å²) in [7, 11) is 1.24. The summed E-state index contributed by atoms with van der Waals surface area (Å²) in [5, 5.41) is 4.78. The Labute approximate surface area is 324 Å². The van der Waals surface area contributed by atoms with Crippen molar-refractivity contribution in [1.29, 1.82) is 0 Å². The predicted octanol–water partition coefficient (Wildman–Crippen LogP) is 6.31. The number of hydrogen-bond acceptors (Lipinski definition) is 6. The molecular weight excluding hydrogens is 737 g/mol. The lowest BCUT2D eigenvalue weighted by Crippen LogP contribution is -2.62. The van der Waals surface area contributed by atoms with Gasteiger partial charge in [-0.2, -0.15) is 13.2 Å². The summed E-state index contributed by atoms with van der Waals surface area (Å²) >= 11 is 6.81. The molecule has 1 aliphatic heterocycles. The molecule has 10 nitrogen and oxygen atoms in total. The quantitative estimate of drug-likeness (QED) is 0.146. The zero-order chi connectivity index (χ0) is 40.7. The van der Waals surface area contributed by atoms with E-state index in [-0.39, 0.29) is 12.8 Å². The molecule has 4 rings (SSSR count). The molecule has 1 unspecified atom stereocenters. The van der Waals surface area contributed by atoms with Crippen LogP contribution >= 0.6 is 11.6 Å². The third-order valence-corrected chi connectivity index (χ3v) is 10.0. The molecule has 1 fully saturated rings. The van der Waals surface area contributed by atoms with Crippen molar-refractivity contribution < 1.29 is 41.9 Å². The number of nitrogens with one attached hydrogen (secondary N) is 2. The number of hydrogen-bond donors (Lipinski definition) is 2. The topological polar surface area (TPSA) is 125 Å². The fraction of sp³-hybridized carbons (Fsp3) is 0.439. The van der Waals surface area contributed by atoms with Gasteiger partial charge in [-0.1, -0.05) is 104 Å². The van der Waals surface area contributed by atoms with Crippen molar-refractivity contribution in [3.8, 4) is 0 Å². The van der Waals surface area contributed by atoms with E-state index in [1.54, 1.807) is 48.3 Å². The normalized spacial score (nSPS) is 15.4. The van der Waals surface area contributed by atoms with Crippen LogP contribution in [0.3, 0.4) is 0 Å². The first kappa shape index (κ1) is 42.8. The van der Waals surface area contributed by atoms with Crippen molar-refractivity contribution in [2.75, 3.05) is 20.1 Å². The van der Waals surface area contributed by atoms with Gasteiger partial charge in [0.05, 0.1) is 0 Å². The van der Waals surface area contributed by atoms with Crippen molar-refractivity contribution in [2.24, 2.45) is 5.92 Å². The largest absolute Gasteiger partial charge is 0.471 e. The Morgan fingerprint density at radius 1 is 0.873 bits per heavy atom. The number of alkyl halides is 3. The number of rotatable bonds is 14. The van der Waals surface area contributed by atoms with Crippen LogP contribution in [-0.4, -0.2) is 83.3 Å². The van der Waals surface area contributed by atoms with Crippen LogP contribution in [0.4, 0.5) is 13.2 Å². The molecular formula is C41H48ClF3N4O6. The first-order chi connectivity index (χ1) is 25.8. The van der Waals surface area contributed by atoms with Gasteiger partial charge in [-0.05, 0) is 52.0 Å². The summed E-state index contributed by atoms with van der Waals surface area (Å²) in [5.41, 5.74) is -0.780. The predicted molar refractivity (Wildman–Crippen MR) is 202 cm³/mol. The second-order valence-corrected chi connectivity index (χ2v) is 15.1. The van der Waals surface area contributed by atoms with Crippen molar-refractivity contribution in [1.82, 2.24) is 20.4 Å². The highest BCUT2D eigenvalue weighted by Crippen LogP contribution is 2.44. The number of aryl methyl sites for hydroxylation is 1. The van der Waals surface area contributed by atoms with Gasteiger partial charge in [0.25, 0.3) is 0 Å². The van der Waals surface area contributed by atoms with Crippen molar-refractivity contribution >= 4 is 41.2 Å². The van der Waals surface area contributed by atoms with Crippen LogP contribution < -0.4 is 10.6 Å². The highest BCUT2D eigenvalue weighted by atomic mass is 35.5. The highest BCUT2D eigenvalue weighted by molar-refractivity contribution is 6.31. The second-order valence-electron chi connectivity index (χ2n) is 14.7. The van der Waals surface area contributed by atoms with Gasteiger partial charge in [0.15, 0.2) is 5.60 Å². The molecule has 4 amide bonds. The van der Waals surface area contributed by atoms with Crippen LogP contribution in [0.5, 0.6) is 0 Å². The molecule has 0 bridgehead atoms. The van der Waals surface area contributed by atoms with Gasteiger partial charge >= 0.3 is 18.1 Å². The Hall–Kier alpha value is -4.91. The van der Waals surface area contributed by atoms with Crippen LogP contribution in [0.25, 0.3) is 0 Å². The first-order valence-corrected chi connectivity index (χ1v) is 18.5. The number of esters is 1. The Morgan fingerprint density at radius 3 is 2.00 bits per heavy atom. The molecule has 0 aliphatic carbocycles. The van der Waals surface area contributed by atoms with E-state index in [1.165, 1.54) is 7.05 Å². The molecule has 1 saturated heterocycles. The van der Waals surface area contributed by atoms with Gasteiger partial charge in [0.2, 0.25) is 17.7 Å². The molecule has 3 atom stereocenters. The summed E-state index contributed by atoms with van der Waals surface area (Å²) < 4.78 is 45.6. The van der Waals surface area contributed by atoms with Gasteiger partial charge in [0.1, 0.15) is 17.6 Å². The van der Waals surface area contributed by atoms with E-state index >= 15 is 0 Å². The lowest BCUT2D eigenvalue weighted by molar-refractivity contribution is -0.176. The number of amides is 4. The third kappa shape index (κ3) is 10.0. The molecule has 2 N–H and O–H groups in total. The Kier molecular flexibility index (Phi) is 13.8. The van der Waals surface area contributed by atoms with Crippen LogP contribution in [0.1, 0.15) is 75.6 Å². The number of halogens is 4. The molecule has 0 radical (unpaired) electrons. The maximum atomic E-state index is 14.1. The summed E-state index contributed by atoms with van der Waals surface area (Å²) in [6, 6.07) is 21.2. The Morgan fingerprint density at radius 2 is 1.44 bits per heavy atom. The van der Waals surface area contributed by atoms with Crippen LogP contribution in [0.15, 0.2) is 78.9 Å². The molecule has 14 heteroatoms. The number of benzene rings is 3. The molecule has 0 aromatic heterocycles. The standard InChI is InChI=1S/C41H48ClF3N4O6/c1-26(2)34(48(6)38(54)39(4,5)47-37(53)41(43,44)45)35(51)46-32(36(52)49-24-12-13-25-49)22-23-33(50)55-40(28-14-8-7-9-15-28,29-20-18-27(3)19-21-29)30-16-10-11-17-31(30)42/h7-11,14-21,26,32,34H,12-13,22-25H2,1-6H3,(H,46,51)(H,47,53)/t32-,34-,40?/m0/s1. The van der Waals surface area contributed by atoms with Crippen molar-refractivity contribution in [2.45, 2.75) is 89.7 Å². The van der Waals surface area contributed by atoms with Crippen molar-refractivity contribution in [3.05, 3.63) is 106 Å². The maximum absolute atomic E-state index is 14.1. The van der Waals surface area contributed by atoms with E-state index in [0.717, 1.165) is 37.2 Å². The first-order valence-electron chi connectivity index (χ1n) is 18.1. The third-order valence-electron chi connectivity index (χ3n) is 9.68. The van der Waals surface area contributed by atoms with Gasteiger partial charge in [-0.15, -0.1) is 0 Å². The molecule has 55 heavy (non-hydrogen) atoms. The number of likely N-dealkylation sites (tertiary alicyclic amines) is 1. The second kappa shape index (κ2) is 17.7. The van der Waals surface area contributed by atoms with Crippen LogP contribution in [0.2, 0.25) is 5.02 Å². The van der Waals surface area contributed by atoms with Gasteiger partial charge in [0, 0.05) is 48.3 Å².